The summed E-state index contributed by atoms with van der Waals surface area (Å²) in [5.74, 6) is -0.0610. The van der Waals surface area contributed by atoms with Crippen LogP contribution in [-0.4, -0.2) is 31.7 Å². The van der Waals surface area contributed by atoms with Crippen LogP contribution < -0.4 is 5.32 Å². The van der Waals surface area contributed by atoms with Crippen molar-refractivity contribution in [3.63, 3.8) is 0 Å². The minimum atomic E-state index is -3.54. The lowest BCUT2D eigenvalue weighted by Crippen LogP contribution is -2.32. The Labute approximate surface area is 161 Å². The third kappa shape index (κ3) is 4.76. The van der Waals surface area contributed by atoms with E-state index >= 15 is 0 Å². The van der Waals surface area contributed by atoms with Gasteiger partial charge in [0.2, 0.25) is 10.0 Å². The van der Waals surface area contributed by atoms with Gasteiger partial charge in [0.25, 0.3) is 5.91 Å². The lowest BCUT2D eigenvalue weighted by Gasteiger charge is -2.18. The van der Waals surface area contributed by atoms with Crippen molar-refractivity contribution < 1.29 is 13.2 Å². The molecule has 1 saturated carbocycles. The Morgan fingerprint density at radius 1 is 1.04 bits per heavy atom. The summed E-state index contributed by atoms with van der Waals surface area (Å²) >= 11 is 0. The first-order valence-corrected chi connectivity index (χ1v) is 10.7. The van der Waals surface area contributed by atoms with Crippen molar-refractivity contribution in [1.82, 2.24) is 9.62 Å². The van der Waals surface area contributed by atoms with Crippen molar-refractivity contribution in [1.29, 1.82) is 0 Å². The average molecular weight is 387 g/mol. The number of benzene rings is 2. The lowest BCUT2D eigenvalue weighted by atomic mass is 10.1. The van der Waals surface area contributed by atoms with Crippen LogP contribution in [0.25, 0.3) is 0 Å². The van der Waals surface area contributed by atoms with Gasteiger partial charge >= 0.3 is 0 Å². The summed E-state index contributed by atoms with van der Waals surface area (Å²) in [5.41, 5.74) is 2.46. The van der Waals surface area contributed by atoms with Crippen LogP contribution in [0.2, 0.25) is 0 Å². The van der Waals surface area contributed by atoms with E-state index in [1.807, 2.05) is 19.1 Å². The molecule has 144 valence electrons. The Morgan fingerprint density at radius 2 is 1.63 bits per heavy atom. The van der Waals surface area contributed by atoms with Gasteiger partial charge in [-0.25, -0.2) is 8.42 Å². The molecule has 0 saturated heterocycles. The monoisotopic (exact) mass is 386 g/mol. The summed E-state index contributed by atoms with van der Waals surface area (Å²) in [7, 11) is -1.98. The Morgan fingerprint density at radius 3 is 2.22 bits per heavy atom. The number of carbonyl (C=O) groups excluding carboxylic acids is 1. The van der Waals surface area contributed by atoms with Gasteiger partial charge in [0.1, 0.15) is 0 Å². The first-order valence-electron chi connectivity index (χ1n) is 9.29. The van der Waals surface area contributed by atoms with Crippen LogP contribution in [0.5, 0.6) is 0 Å². The second-order valence-electron chi connectivity index (χ2n) is 7.23. The van der Waals surface area contributed by atoms with E-state index in [4.69, 9.17) is 0 Å². The number of hydrogen-bond donors (Lipinski definition) is 1. The molecule has 1 aliphatic rings. The maximum atomic E-state index is 12.7. The fourth-order valence-electron chi connectivity index (χ4n) is 3.33. The molecule has 1 N–H and O–H groups in total. The van der Waals surface area contributed by atoms with Crippen LogP contribution in [-0.2, 0) is 16.6 Å². The van der Waals surface area contributed by atoms with Crippen molar-refractivity contribution in [2.75, 3.05) is 7.05 Å². The van der Waals surface area contributed by atoms with E-state index in [1.165, 1.54) is 17.1 Å². The normalized spacial score (nSPS) is 15.2. The van der Waals surface area contributed by atoms with Gasteiger partial charge < -0.3 is 5.32 Å². The molecule has 0 atom stereocenters. The second kappa shape index (κ2) is 8.23. The zero-order valence-electron chi connectivity index (χ0n) is 15.8. The first kappa shape index (κ1) is 19.6. The summed E-state index contributed by atoms with van der Waals surface area (Å²) in [5, 5.41) is 3.06. The van der Waals surface area contributed by atoms with Crippen molar-refractivity contribution in [3.8, 4) is 0 Å². The molecular weight excluding hydrogens is 360 g/mol. The fraction of sp³-hybridized carbons (Fsp3) is 0.381. The number of carbonyl (C=O) groups is 1. The fourth-order valence-corrected chi connectivity index (χ4v) is 4.49. The van der Waals surface area contributed by atoms with Crippen LogP contribution in [0.15, 0.2) is 53.4 Å². The zero-order valence-corrected chi connectivity index (χ0v) is 16.6. The number of amides is 1. The number of rotatable bonds is 6. The van der Waals surface area contributed by atoms with Gasteiger partial charge in [-0.2, -0.15) is 4.31 Å². The van der Waals surface area contributed by atoms with Crippen molar-refractivity contribution in [2.24, 2.45) is 0 Å². The minimum Gasteiger partial charge on any atom is -0.349 e. The van der Waals surface area contributed by atoms with E-state index in [1.54, 1.807) is 43.4 Å². The van der Waals surface area contributed by atoms with Crippen LogP contribution in [0, 0.1) is 6.92 Å². The smallest absolute Gasteiger partial charge is 0.251 e. The van der Waals surface area contributed by atoms with Crippen LogP contribution in [0.4, 0.5) is 0 Å². The second-order valence-corrected chi connectivity index (χ2v) is 9.27. The maximum absolute atomic E-state index is 12.7. The molecule has 0 heterocycles. The number of nitrogens with zero attached hydrogens (tertiary/aromatic N) is 1. The third-order valence-corrected chi connectivity index (χ3v) is 6.86. The highest BCUT2D eigenvalue weighted by atomic mass is 32.2. The highest BCUT2D eigenvalue weighted by Crippen LogP contribution is 2.19. The first-order chi connectivity index (χ1) is 12.9. The summed E-state index contributed by atoms with van der Waals surface area (Å²) in [6.07, 6.45) is 4.44. The van der Waals surface area contributed by atoms with Gasteiger partial charge in [0.15, 0.2) is 0 Å². The van der Waals surface area contributed by atoms with E-state index in [0.29, 0.717) is 5.56 Å². The number of hydrogen-bond acceptors (Lipinski definition) is 3. The summed E-state index contributed by atoms with van der Waals surface area (Å²) in [6.45, 7) is 2.17. The van der Waals surface area contributed by atoms with Crippen molar-refractivity contribution >= 4 is 15.9 Å². The molecule has 2 aromatic rings. The lowest BCUT2D eigenvalue weighted by molar-refractivity contribution is 0.0938. The quantitative estimate of drug-likeness (QED) is 0.826. The summed E-state index contributed by atoms with van der Waals surface area (Å²) < 4.78 is 26.7. The zero-order chi connectivity index (χ0) is 19.4. The molecule has 5 nitrogen and oxygen atoms in total. The van der Waals surface area contributed by atoms with Gasteiger partial charge in [-0.05, 0) is 49.6 Å². The van der Waals surface area contributed by atoms with Gasteiger partial charge in [-0.15, -0.1) is 0 Å². The standard InChI is InChI=1S/C21H26N2O3S/c1-16-7-13-20(14-8-16)27(25,26)23(2)15-17-9-11-18(12-10-17)21(24)22-19-5-3-4-6-19/h7-14,19H,3-6,15H2,1-2H3,(H,22,24). The molecule has 3 rings (SSSR count). The highest BCUT2D eigenvalue weighted by Gasteiger charge is 2.21. The third-order valence-electron chi connectivity index (χ3n) is 5.04. The Hall–Kier alpha value is -2.18. The van der Waals surface area contributed by atoms with Gasteiger partial charge in [0.05, 0.1) is 4.90 Å². The van der Waals surface area contributed by atoms with E-state index in [9.17, 15) is 13.2 Å². The average Bonchev–Trinajstić information content (AvgIpc) is 3.15. The Bertz CT molecular complexity index is 884. The largest absolute Gasteiger partial charge is 0.349 e. The molecule has 6 heteroatoms. The van der Waals surface area contributed by atoms with E-state index in [0.717, 1.165) is 24.0 Å². The molecule has 1 amide bonds. The summed E-state index contributed by atoms with van der Waals surface area (Å²) in [4.78, 5) is 12.6. The Kier molecular flexibility index (Phi) is 5.97. The number of aryl methyl sites for hydroxylation is 1. The Balaban J connectivity index is 1.64. The molecule has 0 aromatic heterocycles. The molecule has 2 aromatic carbocycles. The summed E-state index contributed by atoms with van der Waals surface area (Å²) in [6, 6.07) is 14.2. The van der Waals surface area contributed by atoms with Crippen LogP contribution in [0.3, 0.4) is 0 Å². The number of nitrogens with one attached hydrogen (secondary N) is 1. The molecule has 1 aliphatic carbocycles. The van der Waals surface area contributed by atoms with Crippen LogP contribution in [0.1, 0.15) is 47.2 Å². The number of sulfonamides is 1. The van der Waals surface area contributed by atoms with Gasteiger partial charge in [-0.3, -0.25) is 4.79 Å². The van der Waals surface area contributed by atoms with E-state index in [2.05, 4.69) is 5.32 Å². The van der Waals surface area contributed by atoms with Crippen molar-refractivity contribution in [2.45, 2.75) is 50.1 Å². The highest BCUT2D eigenvalue weighted by molar-refractivity contribution is 7.89. The van der Waals surface area contributed by atoms with Gasteiger partial charge in [-0.1, -0.05) is 42.7 Å². The molecule has 0 radical (unpaired) electrons. The van der Waals surface area contributed by atoms with E-state index in [-0.39, 0.29) is 23.4 Å². The van der Waals surface area contributed by atoms with E-state index < -0.39 is 10.0 Å². The molecule has 0 unspecified atom stereocenters. The predicted molar refractivity (Wildman–Crippen MR) is 106 cm³/mol. The molecule has 27 heavy (non-hydrogen) atoms. The van der Waals surface area contributed by atoms with Crippen LogP contribution >= 0.6 is 0 Å². The minimum absolute atomic E-state index is 0.0610. The topological polar surface area (TPSA) is 66.5 Å². The molecular formula is C21H26N2O3S. The molecule has 0 bridgehead atoms. The molecule has 0 aliphatic heterocycles. The molecule has 1 fully saturated rings. The van der Waals surface area contributed by atoms with Crippen molar-refractivity contribution in [3.05, 3.63) is 65.2 Å². The maximum Gasteiger partial charge on any atom is 0.251 e. The SMILES string of the molecule is Cc1ccc(S(=O)(=O)N(C)Cc2ccc(C(=O)NC3CCCC3)cc2)cc1. The predicted octanol–water partition coefficient (Wildman–Crippen LogP) is 3.49. The van der Waals surface area contributed by atoms with Gasteiger partial charge in [0, 0.05) is 25.2 Å². The molecule has 0 spiro atoms.